The van der Waals surface area contributed by atoms with Crippen molar-refractivity contribution in [2.75, 3.05) is 126 Å². The number of carbonyl (C=O) groups excluding carboxylic acids is 1. The van der Waals surface area contributed by atoms with Crippen LogP contribution in [-0.4, -0.2) is 132 Å². The van der Waals surface area contributed by atoms with Crippen LogP contribution in [0.5, 0.6) is 0 Å². The largest absolute Gasteiger partial charge is 0.460 e. The van der Waals surface area contributed by atoms with Gasteiger partial charge in [-0.15, -0.1) is 0 Å². The predicted molar refractivity (Wildman–Crippen MR) is 177 cm³/mol. The molecule has 0 bridgehead atoms. The fourth-order valence-electron chi connectivity index (χ4n) is 4.05. The first kappa shape index (κ1) is 42.4. The second kappa shape index (κ2) is 36.2. The summed E-state index contributed by atoms with van der Waals surface area (Å²) in [7, 11) is 0. The molecular formula is C35H62O11. The highest BCUT2D eigenvalue weighted by Crippen LogP contribution is 2.08. The first-order chi connectivity index (χ1) is 22.8. The average Bonchev–Trinajstić information content (AvgIpc) is 3.08. The van der Waals surface area contributed by atoms with Crippen molar-refractivity contribution in [2.24, 2.45) is 0 Å². The van der Waals surface area contributed by atoms with E-state index in [0.29, 0.717) is 118 Å². The van der Waals surface area contributed by atoms with Crippen LogP contribution in [0, 0.1) is 0 Å². The van der Waals surface area contributed by atoms with E-state index >= 15 is 0 Å². The number of unbranched alkanes of at least 4 members (excludes halogenated alkanes) is 7. The van der Waals surface area contributed by atoms with Gasteiger partial charge in [0.15, 0.2) is 0 Å². The van der Waals surface area contributed by atoms with Crippen LogP contribution in [0.15, 0.2) is 30.3 Å². The van der Waals surface area contributed by atoms with E-state index in [1.54, 1.807) is 24.3 Å². The molecule has 268 valence electrons. The molecule has 1 aromatic rings. The molecule has 0 saturated heterocycles. The average molecular weight is 659 g/mol. The first-order valence-corrected chi connectivity index (χ1v) is 17.3. The molecule has 0 spiro atoms. The van der Waals surface area contributed by atoms with Crippen molar-refractivity contribution in [2.45, 2.75) is 58.3 Å². The highest BCUT2D eigenvalue weighted by Gasteiger charge is 2.05. The minimum Gasteiger partial charge on any atom is -0.460 e. The van der Waals surface area contributed by atoms with Crippen LogP contribution in [-0.2, 0) is 47.4 Å². The molecule has 0 aliphatic heterocycles. The normalized spacial score (nSPS) is 11.3. The maximum absolute atomic E-state index is 11.8. The smallest absolute Gasteiger partial charge is 0.338 e. The number of ether oxygens (including phenoxy) is 10. The Morgan fingerprint density at radius 2 is 0.696 bits per heavy atom. The summed E-state index contributed by atoms with van der Waals surface area (Å²) in [6, 6.07) is 8.87. The lowest BCUT2D eigenvalue weighted by Crippen LogP contribution is -2.15. The summed E-state index contributed by atoms with van der Waals surface area (Å²) >= 11 is 0. The van der Waals surface area contributed by atoms with Gasteiger partial charge < -0.3 is 47.4 Å². The van der Waals surface area contributed by atoms with Gasteiger partial charge in [0.1, 0.15) is 6.61 Å². The van der Waals surface area contributed by atoms with Gasteiger partial charge in [-0.25, -0.2) is 4.79 Å². The molecule has 0 atom stereocenters. The van der Waals surface area contributed by atoms with Gasteiger partial charge in [0.25, 0.3) is 0 Å². The zero-order chi connectivity index (χ0) is 32.9. The van der Waals surface area contributed by atoms with Gasteiger partial charge in [0, 0.05) is 6.61 Å². The Balaban J connectivity index is 1.63. The van der Waals surface area contributed by atoms with Crippen molar-refractivity contribution in [1.82, 2.24) is 0 Å². The molecular weight excluding hydrogens is 596 g/mol. The topological polar surface area (TPSA) is 109 Å². The number of benzene rings is 1. The van der Waals surface area contributed by atoms with E-state index in [1.807, 2.05) is 6.07 Å². The standard InChI is InChI=1S/C35H62O11/c1-2-3-4-5-6-7-8-12-15-37-16-17-38-18-19-39-20-21-40-22-23-41-24-25-42-26-27-43-28-29-44-30-31-45-32-33-46-35(36)34-13-10-9-11-14-34/h9-11,13-14H,2-8,12,15-33H2,1H3. The molecule has 0 aromatic heterocycles. The van der Waals surface area contributed by atoms with Gasteiger partial charge in [-0.2, -0.15) is 0 Å². The molecule has 0 unspecified atom stereocenters. The second-order valence-electron chi connectivity index (χ2n) is 10.5. The molecule has 0 aliphatic carbocycles. The Morgan fingerprint density at radius 1 is 0.391 bits per heavy atom. The fraction of sp³-hybridized carbons (Fsp3) is 0.800. The van der Waals surface area contributed by atoms with Crippen molar-refractivity contribution in [3.63, 3.8) is 0 Å². The Kier molecular flexibility index (Phi) is 33.3. The number of hydrogen-bond acceptors (Lipinski definition) is 11. The van der Waals surface area contributed by atoms with Crippen molar-refractivity contribution in [1.29, 1.82) is 0 Å². The number of carbonyl (C=O) groups is 1. The third kappa shape index (κ3) is 31.0. The van der Waals surface area contributed by atoms with Gasteiger partial charge in [-0.1, -0.05) is 70.1 Å². The SMILES string of the molecule is CCCCCCCCCCOCCOCCOCCOCCOCCOCCOCCOCCOCCOC(=O)c1ccccc1. The summed E-state index contributed by atoms with van der Waals surface area (Å²) in [5.74, 6) is -0.352. The molecule has 0 heterocycles. The number of esters is 1. The summed E-state index contributed by atoms with van der Waals surface area (Å²) in [6.45, 7) is 11.9. The number of hydrogen-bond donors (Lipinski definition) is 0. The van der Waals surface area contributed by atoms with E-state index in [1.165, 1.54) is 44.9 Å². The van der Waals surface area contributed by atoms with E-state index < -0.39 is 0 Å². The minimum atomic E-state index is -0.352. The predicted octanol–water partition coefficient (Wildman–Crippen LogP) is 5.13. The van der Waals surface area contributed by atoms with Crippen LogP contribution in [0.2, 0.25) is 0 Å². The Hall–Kier alpha value is -1.67. The van der Waals surface area contributed by atoms with Crippen molar-refractivity contribution in [3.05, 3.63) is 35.9 Å². The Morgan fingerprint density at radius 3 is 1.07 bits per heavy atom. The van der Waals surface area contributed by atoms with E-state index in [-0.39, 0.29) is 12.6 Å². The van der Waals surface area contributed by atoms with Crippen LogP contribution in [0.3, 0.4) is 0 Å². The third-order valence-corrected chi connectivity index (χ3v) is 6.59. The molecule has 1 rings (SSSR count). The van der Waals surface area contributed by atoms with E-state index in [2.05, 4.69) is 6.92 Å². The van der Waals surface area contributed by atoms with Gasteiger partial charge in [-0.3, -0.25) is 0 Å². The summed E-state index contributed by atoms with van der Waals surface area (Å²) in [5, 5.41) is 0. The third-order valence-electron chi connectivity index (χ3n) is 6.59. The van der Waals surface area contributed by atoms with E-state index in [9.17, 15) is 4.79 Å². The quantitative estimate of drug-likeness (QED) is 0.0701. The van der Waals surface area contributed by atoms with Gasteiger partial charge in [-0.05, 0) is 18.6 Å². The minimum absolute atomic E-state index is 0.207. The zero-order valence-corrected chi connectivity index (χ0v) is 28.5. The first-order valence-electron chi connectivity index (χ1n) is 17.3. The molecule has 46 heavy (non-hydrogen) atoms. The van der Waals surface area contributed by atoms with Crippen molar-refractivity contribution >= 4 is 5.97 Å². The zero-order valence-electron chi connectivity index (χ0n) is 28.5. The van der Waals surface area contributed by atoms with Crippen LogP contribution in [0.1, 0.15) is 68.6 Å². The highest BCUT2D eigenvalue weighted by molar-refractivity contribution is 5.89. The van der Waals surface area contributed by atoms with Crippen molar-refractivity contribution in [3.8, 4) is 0 Å². The Labute approximate surface area is 277 Å². The Bertz CT molecular complexity index is 739. The maximum Gasteiger partial charge on any atom is 0.338 e. The van der Waals surface area contributed by atoms with Crippen LogP contribution < -0.4 is 0 Å². The molecule has 0 radical (unpaired) electrons. The summed E-state index contributed by atoms with van der Waals surface area (Å²) in [4.78, 5) is 11.8. The summed E-state index contributed by atoms with van der Waals surface area (Å²) in [5.41, 5.74) is 0.530. The second-order valence-corrected chi connectivity index (χ2v) is 10.5. The van der Waals surface area contributed by atoms with Gasteiger partial charge in [0.2, 0.25) is 0 Å². The van der Waals surface area contributed by atoms with Gasteiger partial charge in [0.05, 0.1) is 118 Å². The van der Waals surface area contributed by atoms with Crippen molar-refractivity contribution < 1.29 is 52.2 Å². The van der Waals surface area contributed by atoms with E-state index in [4.69, 9.17) is 47.4 Å². The molecule has 0 amide bonds. The number of rotatable bonds is 37. The lowest BCUT2D eigenvalue weighted by atomic mass is 10.1. The van der Waals surface area contributed by atoms with Gasteiger partial charge >= 0.3 is 5.97 Å². The lowest BCUT2D eigenvalue weighted by molar-refractivity contribution is -0.0259. The fourth-order valence-corrected chi connectivity index (χ4v) is 4.05. The van der Waals surface area contributed by atoms with Crippen LogP contribution in [0.25, 0.3) is 0 Å². The van der Waals surface area contributed by atoms with Crippen LogP contribution in [0.4, 0.5) is 0 Å². The lowest BCUT2D eigenvalue weighted by Gasteiger charge is -2.09. The summed E-state index contributed by atoms with van der Waals surface area (Å²) < 4.78 is 54.6. The molecule has 0 aliphatic rings. The maximum atomic E-state index is 11.8. The molecule has 11 nitrogen and oxygen atoms in total. The van der Waals surface area contributed by atoms with Crippen LogP contribution >= 0.6 is 0 Å². The monoisotopic (exact) mass is 658 g/mol. The molecule has 11 heteroatoms. The highest BCUT2D eigenvalue weighted by atomic mass is 16.6. The molecule has 0 saturated carbocycles. The molecule has 1 aromatic carbocycles. The van der Waals surface area contributed by atoms with E-state index in [0.717, 1.165) is 13.0 Å². The molecule has 0 N–H and O–H groups in total. The molecule has 0 fully saturated rings. The summed E-state index contributed by atoms with van der Waals surface area (Å²) in [6.07, 6.45) is 10.5.